The van der Waals surface area contributed by atoms with Crippen LogP contribution in [-0.4, -0.2) is 50.5 Å². The van der Waals surface area contributed by atoms with Crippen molar-refractivity contribution in [2.75, 3.05) is 23.7 Å². The van der Waals surface area contributed by atoms with Crippen LogP contribution in [-0.2, 0) is 26.2 Å². The van der Waals surface area contributed by atoms with Gasteiger partial charge in [-0.05, 0) is 37.5 Å². The Labute approximate surface area is 222 Å². The predicted molar refractivity (Wildman–Crippen MR) is 143 cm³/mol. The van der Waals surface area contributed by atoms with Crippen molar-refractivity contribution in [2.45, 2.75) is 46.2 Å². The summed E-state index contributed by atoms with van der Waals surface area (Å²) in [6, 6.07) is 9.40. The van der Waals surface area contributed by atoms with Crippen molar-refractivity contribution >= 4 is 62.3 Å². The van der Waals surface area contributed by atoms with Crippen molar-refractivity contribution < 1.29 is 18.0 Å². The highest BCUT2D eigenvalue weighted by Crippen LogP contribution is 2.35. The molecule has 0 saturated heterocycles. The van der Waals surface area contributed by atoms with Crippen LogP contribution in [0.5, 0.6) is 0 Å². The Bertz CT molecular complexity index is 1160. The van der Waals surface area contributed by atoms with Crippen LogP contribution in [0.3, 0.4) is 0 Å². The Hall–Kier alpha value is -2.00. The number of hydrogen-bond acceptors (Lipinski definition) is 4. The van der Waals surface area contributed by atoms with Gasteiger partial charge in [-0.3, -0.25) is 13.9 Å². The molecule has 0 radical (unpaired) electrons. The summed E-state index contributed by atoms with van der Waals surface area (Å²) >= 11 is 18.4. The number of benzene rings is 2. The fraction of sp³-hybridized carbons (Fsp3) is 0.417. The zero-order valence-electron chi connectivity index (χ0n) is 20.1. The molecule has 2 rings (SSSR count). The molecule has 2 aromatic carbocycles. The summed E-state index contributed by atoms with van der Waals surface area (Å²) in [5.41, 5.74) is 1.89. The number of anilines is 1. The fourth-order valence-electron chi connectivity index (χ4n) is 3.47. The van der Waals surface area contributed by atoms with E-state index in [9.17, 15) is 18.0 Å². The molecule has 2 aromatic rings. The number of halogens is 3. The molecule has 0 saturated carbocycles. The van der Waals surface area contributed by atoms with Gasteiger partial charge in [0, 0.05) is 13.1 Å². The lowest BCUT2D eigenvalue weighted by atomic mass is 10.1. The standard InChI is InChI=1S/C24H30Cl3N3O4S/c1-5-11-28-24(32)21(6-2)29(14-17-9-7-16(3)8-10-17)23(31)15-30(35(4,33)34)22-13-19(26)18(25)12-20(22)27/h7-10,12-13,21H,5-6,11,14-15H2,1-4H3,(H,28,32)/t21-/m0/s1. The third-order valence-corrected chi connectivity index (χ3v) is 7.50. The second-order valence-corrected chi connectivity index (χ2v) is 11.3. The summed E-state index contributed by atoms with van der Waals surface area (Å²) in [7, 11) is -3.94. The van der Waals surface area contributed by atoms with E-state index in [0.717, 1.165) is 28.1 Å². The van der Waals surface area contributed by atoms with Gasteiger partial charge in [0.15, 0.2) is 0 Å². The van der Waals surface area contributed by atoms with Crippen molar-refractivity contribution in [3.63, 3.8) is 0 Å². The molecule has 0 aromatic heterocycles. The molecule has 192 valence electrons. The molecule has 2 amide bonds. The first-order chi connectivity index (χ1) is 16.4. The summed E-state index contributed by atoms with van der Waals surface area (Å²) < 4.78 is 26.3. The van der Waals surface area contributed by atoms with Gasteiger partial charge in [-0.15, -0.1) is 0 Å². The highest BCUT2D eigenvalue weighted by Gasteiger charge is 2.32. The molecule has 0 aliphatic rings. The van der Waals surface area contributed by atoms with E-state index in [0.29, 0.717) is 13.0 Å². The van der Waals surface area contributed by atoms with E-state index in [1.165, 1.54) is 17.0 Å². The van der Waals surface area contributed by atoms with E-state index in [1.807, 2.05) is 38.1 Å². The van der Waals surface area contributed by atoms with Gasteiger partial charge in [0.2, 0.25) is 21.8 Å². The van der Waals surface area contributed by atoms with Crippen molar-refractivity contribution in [2.24, 2.45) is 0 Å². The lowest BCUT2D eigenvalue weighted by Crippen LogP contribution is -2.52. The minimum atomic E-state index is -3.94. The van der Waals surface area contributed by atoms with Crippen LogP contribution in [0.2, 0.25) is 15.1 Å². The monoisotopic (exact) mass is 561 g/mol. The maximum atomic E-state index is 13.6. The minimum Gasteiger partial charge on any atom is -0.354 e. The molecule has 0 aliphatic heterocycles. The van der Waals surface area contributed by atoms with E-state index in [-0.39, 0.29) is 33.2 Å². The first-order valence-electron chi connectivity index (χ1n) is 11.1. The van der Waals surface area contributed by atoms with Crippen LogP contribution in [0.25, 0.3) is 0 Å². The smallest absolute Gasteiger partial charge is 0.244 e. The Morgan fingerprint density at radius 2 is 1.60 bits per heavy atom. The van der Waals surface area contributed by atoms with Crippen LogP contribution in [0.1, 0.15) is 37.8 Å². The zero-order chi connectivity index (χ0) is 26.3. The van der Waals surface area contributed by atoms with Crippen LogP contribution in [0.15, 0.2) is 36.4 Å². The number of carbonyl (C=O) groups is 2. The summed E-state index contributed by atoms with van der Waals surface area (Å²) in [4.78, 5) is 27.9. The molecule has 0 fully saturated rings. The second-order valence-electron chi connectivity index (χ2n) is 8.21. The average Bonchev–Trinajstić information content (AvgIpc) is 2.79. The number of carbonyl (C=O) groups excluding carboxylic acids is 2. The number of hydrogen-bond donors (Lipinski definition) is 1. The van der Waals surface area contributed by atoms with Gasteiger partial charge in [0.05, 0.1) is 27.0 Å². The molecule has 1 atom stereocenters. The maximum Gasteiger partial charge on any atom is 0.244 e. The molecular formula is C24H30Cl3N3O4S. The Kier molecular flexibility index (Phi) is 10.7. The zero-order valence-corrected chi connectivity index (χ0v) is 23.2. The lowest BCUT2D eigenvalue weighted by Gasteiger charge is -2.33. The third-order valence-electron chi connectivity index (χ3n) is 5.35. The van der Waals surface area contributed by atoms with Gasteiger partial charge >= 0.3 is 0 Å². The van der Waals surface area contributed by atoms with Crippen molar-refractivity contribution in [3.8, 4) is 0 Å². The third kappa shape index (κ3) is 8.00. The molecule has 0 heterocycles. The summed E-state index contributed by atoms with van der Waals surface area (Å²) in [6.45, 7) is 5.71. The first kappa shape index (κ1) is 29.2. The highest BCUT2D eigenvalue weighted by molar-refractivity contribution is 7.92. The van der Waals surface area contributed by atoms with Gasteiger partial charge in [-0.2, -0.15) is 0 Å². The van der Waals surface area contributed by atoms with E-state index in [4.69, 9.17) is 34.8 Å². The molecular weight excluding hydrogens is 533 g/mol. The highest BCUT2D eigenvalue weighted by atomic mass is 35.5. The molecule has 0 aliphatic carbocycles. The van der Waals surface area contributed by atoms with E-state index in [1.54, 1.807) is 6.92 Å². The van der Waals surface area contributed by atoms with Crippen LogP contribution in [0.4, 0.5) is 5.69 Å². The molecule has 35 heavy (non-hydrogen) atoms. The number of aryl methyl sites for hydroxylation is 1. The molecule has 0 spiro atoms. The summed E-state index contributed by atoms with van der Waals surface area (Å²) in [5, 5.41) is 3.10. The van der Waals surface area contributed by atoms with Crippen LogP contribution in [0, 0.1) is 6.92 Å². The topological polar surface area (TPSA) is 86.8 Å². The quantitative estimate of drug-likeness (QED) is 0.388. The molecule has 0 unspecified atom stereocenters. The number of rotatable bonds is 11. The van der Waals surface area contributed by atoms with E-state index < -0.39 is 28.5 Å². The Balaban J connectivity index is 2.48. The van der Waals surface area contributed by atoms with Crippen LogP contribution >= 0.6 is 34.8 Å². The van der Waals surface area contributed by atoms with Gasteiger partial charge in [-0.1, -0.05) is 78.5 Å². The lowest BCUT2D eigenvalue weighted by molar-refractivity contribution is -0.140. The Morgan fingerprint density at radius 3 is 2.14 bits per heavy atom. The van der Waals surface area contributed by atoms with Gasteiger partial charge in [-0.25, -0.2) is 8.42 Å². The van der Waals surface area contributed by atoms with Crippen LogP contribution < -0.4 is 9.62 Å². The normalized spacial score (nSPS) is 12.2. The minimum absolute atomic E-state index is 0.0236. The predicted octanol–water partition coefficient (Wildman–Crippen LogP) is 5.05. The number of nitrogens with one attached hydrogen (secondary N) is 1. The number of sulfonamides is 1. The summed E-state index contributed by atoms with van der Waals surface area (Å²) in [5.74, 6) is -0.857. The van der Waals surface area contributed by atoms with Crippen molar-refractivity contribution in [1.82, 2.24) is 10.2 Å². The number of nitrogens with zero attached hydrogens (tertiary/aromatic N) is 2. The second kappa shape index (κ2) is 12.8. The maximum absolute atomic E-state index is 13.6. The molecule has 7 nitrogen and oxygen atoms in total. The van der Waals surface area contributed by atoms with Crippen molar-refractivity contribution in [1.29, 1.82) is 0 Å². The van der Waals surface area contributed by atoms with E-state index in [2.05, 4.69) is 5.32 Å². The van der Waals surface area contributed by atoms with E-state index >= 15 is 0 Å². The first-order valence-corrected chi connectivity index (χ1v) is 14.1. The number of amides is 2. The molecule has 1 N–H and O–H groups in total. The van der Waals surface area contributed by atoms with Crippen molar-refractivity contribution in [3.05, 3.63) is 62.6 Å². The average molecular weight is 563 g/mol. The van der Waals surface area contributed by atoms with Gasteiger partial charge < -0.3 is 10.2 Å². The summed E-state index contributed by atoms with van der Waals surface area (Å²) in [6.07, 6.45) is 2.06. The largest absolute Gasteiger partial charge is 0.354 e. The molecule has 11 heteroatoms. The SMILES string of the molecule is CCCNC(=O)[C@H](CC)N(Cc1ccc(C)cc1)C(=O)CN(c1cc(Cl)c(Cl)cc1Cl)S(C)(=O)=O. The fourth-order valence-corrected chi connectivity index (χ4v) is 5.02. The van der Waals surface area contributed by atoms with Gasteiger partial charge in [0.25, 0.3) is 0 Å². The Morgan fingerprint density at radius 1 is 1.00 bits per heavy atom. The van der Waals surface area contributed by atoms with Gasteiger partial charge in [0.1, 0.15) is 12.6 Å². The molecule has 0 bridgehead atoms.